The molecule has 1 aromatic heterocycles. The fraction of sp³-hybridized carbons (Fsp3) is 0.600. The number of pyridine rings is 1. The molecule has 0 saturated heterocycles. The first-order chi connectivity index (χ1) is 9.26. The molecule has 0 amide bonds. The molecule has 1 atom stereocenters. The zero-order valence-corrected chi connectivity index (χ0v) is 11.8. The van der Waals surface area contributed by atoms with Gasteiger partial charge in [-0.15, -0.1) is 0 Å². The molecule has 0 bridgehead atoms. The smallest absolute Gasteiger partial charge is 0.320 e. The number of hydrogen-bond donors (Lipinski definition) is 0. The summed E-state index contributed by atoms with van der Waals surface area (Å²) in [6.45, 7) is 5.54. The number of aromatic nitrogens is 1. The van der Waals surface area contributed by atoms with Gasteiger partial charge in [-0.25, -0.2) is 0 Å². The molecule has 4 heteroatoms. The predicted molar refractivity (Wildman–Crippen MR) is 73.8 cm³/mol. The van der Waals surface area contributed by atoms with Crippen LogP contribution in [0.5, 0.6) is 0 Å². The van der Waals surface area contributed by atoms with Gasteiger partial charge in [-0.1, -0.05) is 13.0 Å². The molecule has 0 aromatic carbocycles. The maximum absolute atomic E-state index is 11.7. The lowest BCUT2D eigenvalue weighted by Gasteiger charge is -2.33. The Kier molecular flexibility index (Phi) is 4.91. The van der Waals surface area contributed by atoms with Crippen LogP contribution < -0.4 is 0 Å². The highest BCUT2D eigenvalue weighted by Gasteiger charge is 2.27. The van der Waals surface area contributed by atoms with Crippen LogP contribution in [0.15, 0.2) is 18.3 Å². The van der Waals surface area contributed by atoms with Gasteiger partial charge in [-0.3, -0.25) is 14.7 Å². The molecule has 4 nitrogen and oxygen atoms in total. The van der Waals surface area contributed by atoms with Crippen LogP contribution in [0.4, 0.5) is 0 Å². The molecular weight excluding hydrogens is 240 g/mol. The van der Waals surface area contributed by atoms with Crippen molar-refractivity contribution < 1.29 is 9.53 Å². The Morgan fingerprint density at radius 2 is 2.37 bits per heavy atom. The molecule has 0 spiro atoms. The first-order valence-electron chi connectivity index (χ1n) is 7.09. The van der Waals surface area contributed by atoms with Crippen molar-refractivity contribution in [3.05, 3.63) is 29.6 Å². The standard InChI is InChI=1S/C15H22N2O2/c1-3-17(11-14(18)19-4-2)13-9-5-7-12-8-6-10-16-15(12)13/h6,8,10,13H,3-5,7,9,11H2,1-2H3/t13-/m1/s1. The molecule has 0 N–H and O–H groups in total. The van der Waals surface area contributed by atoms with Gasteiger partial charge in [0.15, 0.2) is 0 Å². The van der Waals surface area contributed by atoms with E-state index < -0.39 is 0 Å². The summed E-state index contributed by atoms with van der Waals surface area (Å²) >= 11 is 0. The summed E-state index contributed by atoms with van der Waals surface area (Å²) in [7, 11) is 0. The van der Waals surface area contributed by atoms with E-state index >= 15 is 0 Å². The van der Waals surface area contributed by atoms with E-state index in [-0.39, 0.29) is 12.0 Å². The number of rotatable bonds is 5. The van der Waals surface area contributed by atoms with Crippen LogP contribution in [0.3, 0.4) is 0 Å². The zero-order valence-electron chi connectivity index (χ0n) is 11.8. The summed E-state index contributed by atoms with van der Waals surface area (Å²) in [4.78, 5) is 18.4. The lowest BCUT2D eigenvalue weighted by Crippen LogP contribution is -2.36. The molecule has 2 rings (SSSR count). The van der Waals surface area contributed by atoms with E-state index in [0.29, 0.717) is 13.2 Å². The van der Waals surface area contributed by atoms with E-state index in [1.807, 2.05) is 19.2 Å². The second-order valence-corrected chi connectivity index (χ2v) is 4.82. The van der Waals surface area contributed by atoms with Gasteiger partial charge >= 0.3 is 5.97 Å². The molecule has 1 aliphatic rings. The highest BCUT2D eigenvalue weighted by atomic mass is 16.5. The van der Waals surface area contributed by atoms with Gasteiger partial charge in [-0.05, 0) is 44.4 Å². The summed E-state index contributed by atoms with van der Waals surface area (Å²) in [5.41, 5.74) is 2.46. The van der Waals surface area contributed by atoms with Gasteiger partial charge in [0.2, 0.25) is 0 Å². The molecule has 0 radical (unpaired) electrons. The van der Waals surface area contributed by atoms with E-state index in [4.69, 9.17) is 4.74 Å². The largest absolute Gasteiger partial charge is 0.465 e. The Bertz CT molecular complexity index is 434. The number of aryl methyl sites for hydroxylation is 1. The maximum Gasteiger partial charge on any atom is 0.320 e. The average molecular weight is 262 g/mol. The SMILES string of the molecule is CCOC(=O)CN(CC)[C@@H]1CCCc2cccnc21. The first kappa shape index (κ1) is 14.0. The fourth-order valence-electron chi connectivity index (χ4n) is 2.76. The second kappa shape index (κ2) is 6.66. The highest BCUT2D eigenvalue weighted by Crippen LogP contribution is 2.32. The topological polar surface area (TPSA) is 42.4 Å². The number of likely N-dealkylation sites (N-methyl/N-ethyl adjacent to an activating group) is 1. The van der Waals surface area contributed by atoms with Crippen LogP contribution in [-0.4, -0.2) is 35.5 Å². The minimum absolute atomic E-state index is 0.146. The third kappa shape index (κ3) is 3.32. The molecule has 1 aromatic rings. The summed E-state index contributed by atoms with van der Waals surface area (Å²) < 4.78 is 5.05. The Morgan fingerprint density at radius 3 is 3.11 bits per heavy atom. The lowest BCUT2D eigenvalue weighted by molar-refractivity contribution is -0.145. The van der Waals surface area contributed by atoms with Crippen molar-refractivity contribution in [1.82, 2.24) is 9.88 Å². The molecular formula is C15H22N2O2. The van der Waals surface area contributed by atoms with Crippen molar-refractivity contribution in [2.45, 2.75) is 39.2 Å². The molecule has 19 heavy (non-hydrogen) atoms. The Labute approximate surface area is 114 Å². The van der Waals surface area contributed by atoms with Crippen LogP contribution in [0, 0.1) is 0 Å². The van der Waals surface area contributed by atoms with Crippen LogP contribution in [0.1, 0.15) is 44.0 Å². The summed E-state index contributed by atoms with van der Waals surface area (Å²) in [5.74, 6) is -0.146. The van der Waals surface area contributed by atoms with Crippen LogP contribution in [0.2, 0.25) is 0 Å². The van der Waals surface area contributed by atoms with Gasteiger partial charge in [0.25, 0.3) is 0 Å². The fourth-order valence-corrected chi connectivity index (χ4v) is 2.76. The normalized spacial score (nSPS) is 18.2. The van der Waals surface area contributed by atoms with Gasteiger partial charge in [0, 0.05) is 6.20 Å². The molecule has 1 heterocycles. The van der Waals surface area contributed by atoms with E-state index in [2.05, 4.69) is 22.9 Å². The van der Waals surface area contributed by atoms with Crippen molar-refractivity contribution >= 4 is 5.97 Å². The number of fused-ring (bicyclic) bond motifs is 1. The molecule has 0 aliphatic heterocycles. The predicted octanol–water partition coefficient (Wildman–Crippen LogP) is 2.34. The first-order valence-corrected chi connectivity index (χ1v) is 7.09. The van der Waals surface area contributed by atoms with Gasteiger partial charge < -0.3 is 4.74 Å². The zero-order chi connectivity index (χ0) is 13.7. The van der Waals surface area contributed by atoms with Crippen molar-refractivity contribution in [1.29, 1.82) is 0 Å². The van der Waals surface area contributed by atoms with Gasteiger partial charge in [0.1, 0.15) is 0 Å². The summed E-state index contributed by atoms with van der Waals surface area (Å²) in [6.07, 6.45) is 5.16. The number of ether oxygens (including phenoxy) is 1. The Hall–Kier alpha value is -1.42. The molecule has 0 saturated carbocycles. The van der Waals surface area contributed by atoms with Crippen LogP contribution >= 0.6 is 0 Å². The van der Waals surface area contributed by atoms with Gasteiger partial charge in [-0.2, -0.15) is 0 Å². The molecule has 0 fully saturated rings. The van der Waals surface area contributed by atoms with Gasteiger partial charge in [0.05, 0.1) is 24.9 Å². The molecule has 1 aliphatic carbocycles. The van der Waals surface area contributed by atoms with E-state index in [0.717, 1.165) is 31.5 Å². The van der Waals surface area contributed by atoms with E-state index in [9.17, 15) is 4.79 Å². The number of esters is 1. The Morgan fingerprint density at radius 1 is 1.53 bits per heavy atom. The third-order valence-electron chi connectivity index (χ3n) is 3.65. The number of carbonyl (C=O) groups is 1. The van der Waals surface area contributed by atoms with E-state index in [1.54, 1.807) is 0 Å². The van der Waals surface area contributed by atoms with Crippen molar-refractivity contribution in [3.63, 3.8) is 0 Å². The average Bonchev–Trinajstić information content (AvgIpc) is 2.44. The Balaban J connectivity index is 2.13. The number of hydrogen-bond acceptors (Lipinski definition) is 4. The minimum atomic E-state index is -0.146. The summed E-state index contributed by atoms with van der Waals surface area (Å²) in [6, 6.07) is 4.38. The quantitative estimate of drug-likeness (QED) is 0.764. The maximum atomic E-state index is 11.7. The third-order valence-corrected chi connectivity index (χ3v) is 3.65. The summed E-state index contributed by atoms with van der Waals surface area (Å²) in [5, 5.41) is 0. The molecule has 104 valence electrons. The number of carbonyl (C=O) groups excluding carboxylic acids is 1. The van der Waals surface area contributed by atoms with E-state index in [1.165, 1.54) is 5.56 Å². The van der Waals surface area contributed by atoms with Crippen molar-refractivity contribution in [2.24, 2.45) is 0 Å². The molecule has 0 unspecified atom stereocenters. The number of nitrogens with zero attached hydrogens (tertiary/aromatic N) is 2. The van der Waals surface area contributed by atoms with Crippen molar-refractivity contribution in [3.8, 4) is 0 Å². The van der Waals surface area contributed by atoms with Crippen molar-refractivity contribution in [2.75, 3.05) is 19.7 Å². The highest BCUT2D eigenvalue weighted by molar-refractivity contribution is 5.71. The monoisotopic (exact) mass is 262 g/mol. The van der Waals surface area contributed by atoms with Crippen LogP contribution in [0.25, 0.3) is 0 Å². The second-order valence-electron chi connectivity index (χ2n) is 4.82. The minimum Gasteiger partial charge on any atom is -0.465 e. The van der Waals surface area contributed by atoms with Crippen LogP contribution in [-0.2, 0) is 16.0 Å². The lowest BCUT2D eigenvalue weighted by atomic mass is 9.91.